The first-order valence-electron chi connectivity index (χ1n) is 21.0. The SMILES string of the molecule is CC1(C)c2ccccc2-c2ccc(N(c3ccc(-c4ccccc4)cc3)c3cccc4cc5c(cc34)-c3c-5c(-c4ccccc4)c4ccccc4c3-c3ccccc3)cc21. The summed E-state index contributed by atoms with van der Waals surface area (Å²) in [5.41, 5.74) is 21.5. The zero-order valence-corrected chi connectivity index (χ0v) is 33.7. The Labute approximate surface area is 351 Å². The van der Waals surface area contributed by atoms with E-state index in [0.717, 1.165) is 17.1 Å². The van der Waals surface area contributed by atoms with Gasteiger partial charge in [0.15, 0.2) is 0 Å². The second-order valence-electron chi connectivity index (χ2n) is 16.8. The highest BCUT2D eigenvalue weighted by molar-refractivity contribution is 6.26. The van der Waals surface area contributed by atoms with E-state index in [2.05, 4.69) is 231 Å². The topological polar surface area (TPSA) is 3.24 Å². The Morgan fingerprint density at radius 1 is 0.317 bits per heavy atom. The number of benzene rings is 10. The van der Waals surface area contributed by atoms with E-state index in [1.54, 1.807) is 0 Å². The first-order valence-corrected chi connectivity index (χ1v) is 21.0. The Morgan fingerprint density at radius 3 is 1.48 bits per heavy atom. The van der Waals surface area contributed by atoms with Gasteiger partial charge >= 0.3 is 0 Å². The fraction of sp³-hybridized carbons (Fsp3) is 0.0508. The highest BCUT2D eigenvalue weighted by Gasteiger charge is 2.37. The number of hydrogen-bond donors (Lipinski definition) is 0. The zero-order chi connectivity index (χ0) is 40.0. The largest absolute Gasteiger partial charge is 0.310 e. The van der Waals surface area contributed by atoms with Crippen molar-refractivity contribution in [1.29, 1.82) is 0 Å². The van der Waals surface area contributed by atoms with E-state index in [-0.39, 0.29) is 5.41 Å². The summed E-state index contributed by atoms with van der Waals surface area (Å²) in [5.74, 6) is 0. The van der Waals surface area contributed by atoms with Crippen LogP contribution in [0.25, 0.3) is 88.3 Å². The predicted octanol–water partition coefficient (Wildman–Crippen LogP) is 16.4. The normalized spacial score (nSPS) is 13.0. The Bertz CT molecular complexity index is 3310. The average Bonchev–Trinajstić information content (AvgIpc) is 3.54. The molecule has 2 aliphatic carbocycles. The molecule has 0 heterocycles. The Balaban J connectivity index is 1.10. The van der Waals surface area contributed by atoms with Crippen molar-refractivity contribution in [2.75, 3.05) is 4.90 Å². The van der Waals surface area contributed by atoms with Crippen molar-refractivity contribution in [2.45, 2.75) is 19.3 Å². The van der Waals surface area contributed by atoms with Gasteiger partial charge in [-0.2, -0.15) is 0 Å². The first kappa shape index (κ1) is 34.6. The maximum Gasteiger partial charge on any atom is 0.0540 e. The molecule has 0 aliphatic heterocycles. The lowest BCUT2D eigenvalue weighted by atomic mass is 9.70. The van der Waals surface area contributed by atoms with E-state index in [9.17, 15) is 0 Å². The van der Waals surface area contributed by atoms with Crippen LogP contribution in [0.5, 0.6) is 0 Å². The minimum absolute atomic E-state index is 0.122. The third-order valence-corrected chi connectivity index (χ3v) is 13.2. The second-order valence-corrected chi connectivity index (χ2v) is 16.8. The first-order chi connectivity index (χ1) is 29.5. The molecule has 0 saturated carbocycles. The van der Waals surface area contributed by atoms with Crippen LogP contribution in [0.4, 0.5) is 17.1 Å². The molecule has 1 nitrogen and oxygen atoms in total. The van der Waals surface area contributed by atoms with Gasteiger partial charge in [-0.25, -0.2) is 0 Å². The lowest BCUT2D eigenvalue weighted by Crippen LogP contribution is -2.16. The van der Waals surface area contributed by atoms with Crippen molar-refractivity contribution >= 4 is 38.6 Å². The van der Waals surface area contributed by atoms with Crippen LogP contribution in [0.1, 0.15) is 25.0 Å². The fourth-order valence-electron chi connectivity index (χ4n) is 10.3. The van der Waals surface area contributed by atoms with Crippen molar-refractivity contribution in [3.63, 3.8) is 0 Å². The van der Waals surface area contributed by atoms with Crippen LogP contribution >= 0.6 is 0 Å². The Morgan fingerprint density at radius 2 is 0.833 bits per heavy atom. The Kier molecular flexibility index (Phi) is 7.65. The Hall–Kier alpha value is -7.48. The van der Waals surface area contributed by atoms with E-state index >= 15 is 0 Å². The van der Waals surface area contributed by atoms with E-state index < -0.39 is 0 Å². The smallest absolute Gasteiger partial charge is 0.0540 e. The summed E-state index contributed by atoms with van der Waals surface area (Å²) in [6, 6.07) is 78.5. The number of anilines is 3. The van der Waals surface area contributed by atoms with Crippen molar-refractivity contribution in [2.24, 2.45) is 0 Å². The van der Waals surface area contributed by atoms with Gasteiger partial charge in [-0.3, -0.25) is 0 Å². The van der Waals surface area contributed by atoms with Crippen LogP contribution in [-0.2, 0) is 5.41 Å². The van der Waals surface area contributed by atoms with Crippen LogP contribution in [-0.4, -0.2) is 0 Å². The van der Waals surface area contributed by atoms with Gasteiger partial charge in [0.2, 0.25) is 0 Å². The molecule has 0 N–H and O–H groups in total. The van der Waals surface area contributed by atoms with Gasteiger partial charge in [0.05, 0.1) is 5.69 Å². The fourth-order valence-corrected chi connectivity index (χ4v) is 10.3. The summed E-state index contributed by atoms with van der Waals surface area (Å²) >= 11 is 0. The minimum Gasteiger partial charge on any atom is -0.310 e. The van der Waals surface area contributed by atoms with Gasteiger partial charge in [0, 0.05) is 22.2 Å². The number of nitrogens with zero attached hydrogens (tertiary/aromatic N) is 1. The summed E-state index contributed by atoms with van der Waals surface area (Å²) in [4.78, 5) is 2.48. The van der Waals surface area contributed by atoms with E-state index in [1.807, 2.05) is 0 Å². The van der Waals surface area contributed by atoms with Gasteiger partial charge in [0.25, 0.3) is 0 Å². The van der Waals surface area contributed by atoms with Crippen LogP contribution in [0, 0.1) is 0 Å². The van der Waals surface area contributed by atoms with Crippen molar-refractivity contribution in [3.05, 3.63) is 223 Å². The summed E-state index contributed by atoms with van der Waals surface area (Å²) in [7, 11) is 0. The molecule has 0 saturated heterocycles. The molecule has 0 bridgehead atoms. The number of hydrogen-bond acceptors (Lipinski definition) is 1. The lowest BCUT2D eigenvalue weighted by molar-refractivity contribution is 0.660. The quantitative estimate of drug-likeness (QED) is 0.163. The molecule has 0 aromatic heterocycles. The van der Waals surface area contributed by atoms with Gasteiger partial charge in [-0.05, 0) is 137 Å². The summed E-state index contributed by atoms with van der Waals surface area (Å²) in [6.45, 7) is 4.74. The number of rotatable bonds is 6. The monoisotopic (exact) mass is 763 g/mol. The molecule has 0 radical (unpaired) electrons. The molecule has 10 aromatic rings. The van der Waals surface area contributed by atoms with Gasteiger partial charge in [-0.15, -0.1) is 0 Å². The third-order valence-electron chi connectivity index (χ3n) is 13.2. The molecular weight excluding hydrogens is 723 g/mol. The van der Waals surface area contributed by atoms with Crippen LogP contribution < -0.4 is 4.90 Å². The molecule has 0 unspecified atom stereocenters. The maximum atomic E-state index is 2.48. The summed E-state index contributed by atoms with van der Waals surface area (Å²) < 4.78 is 0. The number of fused-ring (bicyclic) bond motifs is 9. The molecule has 2 aliphatic rings. The van der Waals surface area contributed by atoms with Crippen molar-refractivity contribution in [1.82, 2.24) is 0 Å². The average molecular weight is 764 g/mol. The van der Waals surface area contributed by atoms with Crippen LogP contribution in [0.3, 0.4) is 0 Å². The molecule has 12 rings (SSSR count). The van der Waals surface area contributed by atoms with Crippen LogP contribution in [0.2, 0.25) is 0 Å². The summed E-state index contributed by atoms with van der Waals surface area (Å²) in [5, 5.41) is 5.02. The highest BCUT2D eigenvalue weighted by Crippen LogP contribution is 2.60. The van der Waals surface area contributed by atoms with Crippen LogP contribution in [0.15, 0.2) is 212 Å². The molecule has 0 atom stereocenters. The van der Waals surface area contributed by atoms with E-state index in [1.165, 1.54) is 99.4 Å². The highest BCUT2D eigenvalue weighted by atomic mass is 15.1. The zero-order valence-electron chi connectivity index (χ0n) is 33.7. The van der Waals surface area contributed by atoms with E-state index in [0.29, 0.717) is 0 Å². The minimum atomic E-state index is -0.122. The standard InChI is InChI=1S/C59H41N/c1-59(2)52-27-15-14-24-45(52)46-34-33-44(36-53(46)59)60(43-31-29-39(30-32-43)38-17-6-3-7-18-38)54-28-16-23-42-35-50-51(37-49(42)54)58-56(41-21-10-5-11-22-41)48-26-13-12-25-47(48)55(57(50)58)40-19-8-4-9-20-40/h3-37H,1-2H3. The lowest BCUT2D eigenvalue weighted by Gasteiger charge is -2.34. The second kappa shape index (κ2) is 13.3. The molecule has 282 valence electrons. The molecule has 60 heavy (non-hydrogen) atoms. The summed E-state index contributed by atoms with van der Waals surface area (Å²) in [6.07, 6.45) is 0. The van der Waals surface area contributed by atoms with Gasteiger partial charge in [-0.1, -0.05) is 184 Å². The predicted molar refractivity (Wildman–Crippen MR) is 254 cm³/mol. The molecule has 0 spiro atoms. The van der Waals surface area contributed by atoms with Crippen molar-refractivity contribution < 1.29 is 0 Å². The van der Waals surface area contributed by atoms with Crippen molar-refractivity contribution in [3.8, 4) is 66.8 Å². The molecule has 0 fully saturated rings. The van der Waals surface area contributed by atoms with E-state index in [4.69, 9.17) is 0 Å². The molecule has 1 heteroatoms. The molecule has 0 amide bonds. The third kappa shape index (κ3) is 5.12. The molecule has 10 aromatic carbocycles. The van der Waals surface area contributed by atoms with Gasteiger partial charge in [0.1, 0.15) is 0 Å². The molecular formula is C59H41N. The van der Waals surface area contributed by atoms with Gasteiger partial charge < -0.3 is 4.90 Å². The maximum absolute atomic E-state index is 2.48.